The summed E-state index contributed by atoms with van der Waals surface area (Å²) in [5, 5.41) is 3.24. The third kappa shape index (κ3) is 3.77. The van der Waals surface area contributed by atoms with Crippen LogP contribution in [0.2, 0.25) is 0 Å². The van der Waals surface area contributed by atoms with Crippen molar-refractivity contribution in [3.8, 4) is 0 Å². The molecular formula is C14H18N2O3S. The Morgan fingerprint density at radius 1 is 1.10 bits per heavy atom. The molecule has 0 aliphatic carbocycles. The van der Waals surface area contributed by atoms with Crippen molar-refractivity contribution in [1.82, 2.24) is 0 Å². The largest absolute Gasteiger partial charge is 0.464 e. The van der Waals surface area contributed by atoms with E-state index in [1.807, 2.05) is 38.1 Å². The number of furan rings is 1. The van der Waals surface area contributed by atoms with Crippen LogP contribution in [0.15, 0.2) is 40.8 Å². The quantitative estimate of drug-likeness (QED) is 0.888. The molecule has 1 unspecified atom stereocenters. The molecule has 0 aliphatic heterocycles. The molecule has 0 bridgehead atoms. The summed E-state index contributed by atoms with van der Waals surface area (Å²) in [4.78, 5) is 0. The van der Waals surface area contributed by atoms with E-state index < -0.39 is 10.0 Å². The van der Waals surface area contributed by atoms with Crippen molar-refractivity contribution < 1.29 is 12.8 Å². The van der Waals surface area contributed by atoms with Gasteiger partial charge in [0.25, 0.3) is 0 Å². The van der Waals surface area contributed by atoms with Gasteiger partial charge >= 0.3 is 0 Å². The molecule has 2 aromatic rings. The second kappa shape index (κ2) is 5.58. The second-order valence-electron chi connectivity index (χ2n) is 4.73. The number of benzene rings is 1. The van der Waals surface area contributed by atoms with E-state index in [9.17, 15) is 8.42 Å². The van der Waals surface area contributed by atoms with Crippen molar-refractivity contribution in [2.24, 2.45) is 0 Å². The molecule has 0 spiro atoms. The fourth-order valence-electron chi connectivity index (χ4n) is 1.89. The maximum atomic E-state index is 11.4. The van der Waals surface area contributed by atoms with Gasteiger partial charge in [-0.1, -0.05) is 12.1 Å². The topological polar surface area (TPSA) is 71.3 Å². The fourth-order valence-corrected chi connectivity index (χ4v) is 2.47. The van der Waals surface area contributed by atoms with E-state index in [4.69, 9.17) is 4.42 Å². The summed E-state index contributed by atoms with van der Waals surface area (Å²) < 4.78 is 30.8. The standard InChI is InChI=1S/C14H18N2O3S/c1-10-8-9-14(19-10)11(2)15-12-6-4-5-7-13(12)16-20(3,17)18/h4-9,11,15-16H,1-3H3. The summed E-state index contributed by atoms with van der Waals surface area (Å²) in [6.07, 6.45) is 1.13. The van der Waals surface area contributed by atoms with Gasteiger partial charge in [-0.25, -0.2) is 8.42 Å². The van der Waals surface area contributed by atoms with E-state index in [2.05, 4.69) is 10.0 Å². The van der Waals surface area contributed by atoms with Crippen LogP contribution in [0.5, 0.6) is 0 Å². The van der Waals surface area contributed by atoms with Gasteiger partial charge < -0.3 is 9.73 Å². The maximum Gasteiger partial charge on any atom is 0.229 e. The maximum absolute atomic E-state index is 11.4. The van der Waals surface area contributed by atoms with Crippen LogP contribution in [0.3, 0.4) is 0 Å². The summed E-state index contributed by atoms with van der Waals surface area (Å²) in [5.41, 5.74) is 1.23. The van der Waals surface area contributed by atoms with E-state index in [0.717, 1.165) is 17.8 Å². The summed E-state index contributed by atoms with van der Waals surface area (Å²) in [7, 11) is -3.31. The predicted molar refractivity (Wildman–Crippen MR) is 80.4 cm³/mol. The second-order valence-corrected chi connectivity index (χ2v) is 6.48. The van der Waals surface area contributed by atoms with Gasteiger partial charge in [-0.15, -0.1) is 0 Å². The Balaban J connectivity index is 2.21. The average molecular weight is 294 g/mol. The zero-order chi connectivity index (χ0) is 14.8. The number of anilines is 2. The lowest BCUT2D eigenvalue weighted by Gasteiger charge is -2.16. The Labute approximate surface area is 119 Å². The zero-order valence-electron chi connectivity index (χ0n) is 11.7. The van der Waals surface area contributed by atoms with Gasteiger partial charge in [0.2, 0.25) is 10.0 Å². The molecule has 0 radical (unpaired) electrons. The molecule has 108 valence electrons. The van der Waals surface area contributed by atoms with Crippen molar-refractivity contribution in [3.63, 3.8) is 0 Å². The highest BCUT2D eigenvalue weighted by molar-refractivity contribution is 7.92. The Morgan fingerprint density at radius 2 is 1.75 bits per heavy atom. The molecule has 0 amide bonds. The van der Waals surface area contributed by atoms with Crippen LogP contribution < -0.4 is 10.0 Å². The lowest BCUT2D eigenvalue weighted by Crippen LogP contribution is -2.13. The van der Waals surface area contributed by atoms with Gasteiger partial charge in [-0.2, -0.15) is 0 Å². The molecule has 0 saturated carbocycles. The van der Waals surface area contributed by atoms with Gasteiger partial charge in [-0.05, 0) is 38.1 Å². The Bertz CT molecular complexity index is 692. The fraction of sp³-hybridized carbons (Fsp3) is 0.286. The van der Waals surface area contributed by atoms with Crippen LogP contribution in [0.25, 0.3) is 0 Å². The number of nitrogens with one attached hydrogen (secondary N) is 2. The minimum absolute atomic E-state index is 0.0637. The molecule has 2 N–H and O–H groups in total. The molecule has 1 aromatic carbocycles. The zero-order valence-corrected chi connectivity index (χ0v) is 12.5. The molecular weight excluding hydrogens is 276 g/mol. The molecule has 0 fully saturated rings. The van der Waals surface area contributed by atoms with E-state index in [1.165, 1.54) is 0 Å². The van der Waals surface area contributed by atoms with Crippen molar-refractivity contribution in [1.29, 1.82) is 0 Å². The predicted octanol–water partition coefficient (Wildman–Crippen LogP) is 3.13. The lowest BCUT2D eigenvalue weighted by atomic mass is 10.2. The number of sulfonamides is 1. The molecule has 5 nitrogen and oxygen atoms in total. The number of rotatable bonds is 5. The summed E-state index contributed by atoms with van der Waals surface area (Å²) in [6.45, 7) is 3.84. The van der Waals surface area contributed by atoms with Crippen molar-refractivity contribution >= 4 is 21.4 Å². The first kappa shape index (κ1) is 14.5. The van der Waals surface area contributed by atoms with E-state index >= 15 is 0 Å². The van der Waals surface area contributed by atoms with Gasteiger partial charge in [0.05, 0.1) is 23.7 Å². The van der Waals surface area contributed by atoms with Crippen molar-refractivity contribution in [3.05, 3.63) is 47.9 Å². The van der Waals surface area contributed by atoms with E-state index in [1.54, 1.807) is 12.1 Å². The first-order valence-electron chi connectivity index (χ1n) is 6.25. The van der Waals surface area contributed by atoms with E-state index in [0.29, 0.717) is 11.4 Å². The minimum Gasteiger partial charge on any atom is -0.464 e. The Morgan fingerprint density at radius 3 is 2.30 bits per heavy atom. The highest BCUT2D eigenvalue weighted by Crippen LogP contribution is 2.27. The van der Waals surface area contributed by atoms with Gasteiger partial charge in [-0.3, -0.25) is 4.72 Å². The third-order valence-electron chi connectivity index (χ3n) is 2.78. The smallest absolute Gasteiger partial charge is 0.229 e. The molecule has 0 aliphatic rings. The summed E-state index contributed by atoms with van der Waals surface area (Å²) in [5.74, 6) is 1.65. The van der Waals surface area contributed by atoms with Crippen LogP contribution in [-0.4, -0.2) is 14.7 Å². The van der Waals surface area contributed by atoms with Gasteiger partial charge in [0, 0.05) is 0 Å². The molecule has 20 heavy (non-hydrogen) atoms. The first-order valence-corrected chi connectivity index (χ1v) is 8.14. The third-order valence-corrected chi connectivity index (χ3v) is 3.37. The average Bonchev–Trinajstić information content (AvgIpc) is 2.77. The number of aryl methyl sites for hydroxylation is 1. The normalized spacial score (nSPS) is 12.9. The summed E-state index contributed by atoms with van der Waals surface area (Å²) in [6, 6.07) is 10.9. The van der Waals surface area contributed by atoms with Crippen LogP contribution in [0, 0.1) is 6.92 Å². The van der Waals surface area contributed by atoms with Crippen LogP contribution >= 0.6 is 0 Å². The first-order chi connectivity index (χ1) is 9.35. The highest BCUT2D eigenvalue weighted by atomic mass is 32.2. The van der Waals surface area contributed by atoms with Crippen LogP contribution in [0.1, 0.15) is 24.5 Å². The van der Waals surface area contributed by atoms with Gasteiger partial charge in [0.15, 0.2) is 0 Å². The van der Waals surface area contributed by atoms with Crippen LogP contribution in [-0.2, 0) is 10.0 Å². The minimum atomic E-state index is -3.31. The SMILES string of the molecule is Cc1ccc(C(C)Nc2ccccc2NS(C)(=O)=O)o1. The monoisotopic (exact) mass is 294 g/mol. The highest BCUT2D eigenvalue weighted by Gasteiger charge is 2.12. The molecule has 6 heteroatoms. The Hall–Kier alpha value is -1.95. The molecule has 1 heterocycles. The van der Waals surface area contributed by atoms with Gasteiger partial charge in [0.1, 0.15) is 11.5 Å². The van der Waals surface area contributed by atoms with Crippen molar-refractivity contribution in [2.75, 3.05) is 16.3 Å². The number of hydrogen-bond acceptors (Lipinski definition) is 4. The molecule has 1 atom stereocenters. The lowest BCUT2D eigenvalue weighted by molar-refractivity contribution is 0.467. The number of hydrogen-bond donors (Lipinski definition) is 2. The molecule has 1 aromatic heterocycles. The molecule has 2 rings (SSSR count). The molecule has 0 saturated heterocycles. The van der Waals surface area contributed by atoms with Crippen LogP contribution in [0.4, 0.5) is 11.4 Å². The Kier molecular flexibility index (Phi) is 4.04. The van der Waals surface area contributed by atoms with E-state index in [-0.39, 0.29) is 6.04 Å². The summed E-state index contributed by atoms with van der Waals surface area (Å²) >= 11 is 0. The van der Waals surface area contributed by atoms with Crippen molar-refractivity contribution in [2.45, 2.75) is 19.9 Å². The number of para-hydroxylation sites is 2.